The minimum Gasteiger partial charge on any atom is -0.319 e. The molecule has 0 unspecified atom stereocenters. The Morgan fingerprint density at radius 1 is 1.58 bits per heavy atom. The highest BCUT2D eigenvalue weighted by molar-refractivity contribution is 7.78. The Hall–Kier alpha value is -1.65. The predicted octanol–water partition coefficient (Wildman–Crippen LogP) is 1.09. The van der Waals surface area contributed by atoms with Gasteiger partial charge < -0.3 is 4.98 Å². The predicted molar refractivity (Wildman–Crippen MR) is 46.4 cm³/mol. The highest BCUT2D eigenvalue weighted by Crippen LogP contribution is 2.10. The molecule has 58 valence electrons. The number of fused-ring (bicyclic) bond motifs is 1. The molecule has 12 heavy (non-hydrogen) atoms. The molecule has 1 N–H and O–H groups in total. The summed E-state index contributed by atoms with van der Waals surface area (Å²) in [5.41, 5.74) is 1.32. The van der Waals surface area contributed by atoms with Gasteiger partial charge in [0.15, 0.2) is 5.65 Å². The van der Waals surface area contributed by atoms with Gasteiger partial charge in [0.05, 0.1) is 11.4 Å². The van der Waals surface area contributed by atoms with E-state index in [2.05, 4.69) is 42.3 Å². The van der Waals surface area contributed by atoms with Crippen molar-refractivity contribution in [3.63, 3.8) is 0 Å². The van der Waals surface area contributed by atoms with Gasteiger partial charge in [0, 0.05) is 0 Å². The van der Waals surface area contributed by atoms with E-state index >= 15 is 0 Å². The van der Waals surface area contributed by atoms with E-state index in [-0.39, 0.29) is 0 Å². The highest BCUT2D eigenvalue weighted by atomic mass is 32.1. The highest BCUT2D eigenvalue weighted by Gasteiger charge is 1.99. The molecular weight excluding hydrogens is 174 g/mol. The zero-order chi connectivity index (χ0) is 8.39. The monoisotopic (exact) mass is 177 g/mol. The van der Waals surface area contributed by atoms with Crippen molar-refractivity contribution in [1.29, 1.82) is 0 Å². The smallest absolute Gasteiger partial charge is 0.238 e. The second-order valence-corrected chi connectivity index (χ2v) is 2.21. The number of aromatic amines is 1. The molecule has 0 aliphatic heterocycles. The van der Waals surface area contributed by atoms with Gasteiger partial charge >= 0.3 is 0 Å². The summed E-state index contributed by atoms with van der Waals surface area (Å²) in [5.74, 6) is 0.403. The average molecular weight is 177 g/mol. The zero-order valence-electron chi connectivity index (χ0n) is 5.85. The van der Waals surface area contributed by atoms with E-state index in [0.717, 1.165) is 5.52 Å². The third-order valence-corrected chi connectivity index (χ3v) is 1.39. The van der Waals surface area contributed by atoms with Crippen LogP contribution in [0.25, 0.3) is 11.2 Å². The van der Waals surface area contributed by atoms with Gasteiger partial charge in [-0.3, -0.25) is 0 Å². The molecule has 0 aromatic carbocycles. The first-order chi connectivity index (χ1) is 5.90. The van der Waals surface area contributed by atoms with Crippen molar-refractivity contribution in [1.82, 2.24) is 19.9 Å². The van der Waals surface area contributed by atoms with Crippen molar-refractivity contribution in [2.24, 2.45) is 4.99 Å². The third-order valence-electron chi connectivity index (χ3n) is 1.30. The van der Waals surface area contributed by atoms with Gasteiger partial charge in [0.2, 0.25) is 5.95 Å². The van der Waals surface area contributed by atoms with Crippen molar-refractivity contribution < 1.29 is 0 Å². The number of hydrogen-bond acceptors (Lipinski definition) is 5. The topological polar surface area (TPSA) is 66.8 Å². The number of imidazole rings is 1. The number of H-pyrrole nitrogens is 1. The summed E-state index contributed by atoms with van der Waals surface area (Å²) in [6.45, 7) is 0. The summed E-state index contributed by atoms with van der Waals surface area (Å²) in [4.78, 5) is 18.3. The first-order valence-electron chi connectivity index (χ1n) is 3.14. The molecule has 0 saturated heterocycles. The van der Waals surface area contributed by atoms with Crippen molar-refractivity contribution in [2.75, 3.05) is 0 Å². The number of thiocarbonyl (C=S) groups is 1. The number of nitrogens with one attached hydrogen (secondary N) is 1. The second kappa shape index (κ2) is 2.77. The molecule has 0 fully saturated rings. The molecule has 0 atom stereocenters. The lowest BCUT2D eigenvalue weighted by Gasteiger charge is -1.79. The number of hydrogen-bond donors (Lipinski definition) is 1. The van der Waals surface area contributed by atoms with Crippen LogP contribution in [0.2, 0.25) is 0 Å². The second-order valence-electron chi connectivity index (χ2n) is 2.02. The molecule has 0 saturated carbocycles. The summed E-state index contributed by atoms with van der Waals surface area (Å²) in [7, 11) is 0. The van der Waals surface area contributed by atoms with Gasteiger partial charge in [-0.1, -0.05) is 0 Å². The molecule has 6 heteroatoms. The average Bonchev–Trinajstić information content (AvgIpc) is 2.47. The minimum absolute atomic E-state index is 0.403. The normalized spacial score (nSPS) is 9.67. The third kappa shape index (κ3) is 1.09. The number of isothiocyanates is 1. The van der Waals surface area contributed by atoms with E-state index in [9.17, 15) is 0 Å². The fourth-order valence-electron chi connectivity index (χ4n) is 0.845. The van der Waals surface area contributed by atoms with Crippen LogP contribution in [-0.2, 0) is 0 Å². The molecule has 0 spiro atoms. The van der Waals surface area contributed by atoms with Crippen LogP contribution in [0.15, 0.2) is 17.5 Å². The molecule has 0 bridgehead atoms. The van der Waals surface area contributed by atoms with Crippen molar-refractivity contribution in [2.45, 2.75) is 0 Å². The van der Waals surface area contributed by atoms with Crippen LogP contribution in [0.1, 0.15) is 0 Å². The first-order valence-corrected chi connectivity index (χ1v) is 3.54. The Labute approximate surface area is 72.6 Å². The Morgan fingerprint density at radius 2 is 2.50 bits per heavy atom. The van der Waals surface area contributed by atoms with E-state index in [1.165, 1.54) is 6.33 Å². The van der Waals surface area contributed by atoms with Crippen molar-refractivity contribution >= 4 is 34.5 Å². The number of aromatic nitrogens is 4. The summed E-state index contributed by atoms with van der Waals surface area (Å²) in [6, 6.07) is 0. The van der Waals surface area contributed by atoms with Gasteiger partial charge in [-0.25, -0.2) is 9.97 Å². The molecule has 5 nitrogen and oxygen atoms in total. The standard InChI is InChI=1S/C6H3N5S/c12-3-9-6-10-4-1-7-2-8-5(4)11-6/h1-2H,(H,7,8,10,11). The maximum Gasteiger partial charge on any atom is 0.238 e. The summed E-state index contributed by atoms with van der Waals surface area (Å²) in [5, 5.41) is 2.21. The number of aliphatic imine (C=N–C) groups is 1. The quantitative estimate of drug-likeness (QED) is 0.523. The van der Waals surface area contributed by atoms with E-state index in [0.29, 0.717) is 11.6 Å². The minimum atomic E-state index is 0.403. The summed E-state index contributed by atoms with van der Waals surface area (Å²) < 4.78 is 0. The fraction of sp³-hybridized carbons (Fsp3) is 0. The Bertz CT molecular complexity index is 423. The first kappa shape index (κ1) is 7.02. The molecule has 0 aliphatic rings. The molecule has 2 aromatic heterocycles. The largest absolute Gasteiger partial charge is 0.319 e. The Balaban J connectivity index is 2.69. The van der Waals surface area contributed by atoms with E-state index in [1.807, 2.05) is 0 Å². The lowest BCUT2D eigenvalue weighted by atomic mass is 10.6. The molecule has 2 heterocycles. The van der Waals surface area contributed by atoms with Gasteiger partial charge in [-0.15, -0.1) is 0 Å². The van der Waals surface area contributed by atoms with Crippen LogP contribution >= 0.6 is 12.2 Å². The van der Waals surface area contributed by atoms with Gasteiger partial charge in [-0.2, -0.15) is 9.98 Å². The fourth-order valence-corrected chi connectivity index (χ4v) is 0.932. The van der Waals surface area contributed by atoms with Crippen LogP contribution in [0.4, 0.5) is 5.95 Å². The van der Waals surface area contributed by atoms with Crippen LogP contribution in [-0.4, -0.2) is 25.1 Å². The Kier molecular flexibility index (Phi) is 1.62. The molecule has 2 aromatic rings. The maximum absolute atomic E-state index is 4.43. The van der Waals surface area contributed by atoms with E-state index < -0.39 is 0 Å². The SMILES string of the molecule is S=C=Nc1nc2ncncc2[nH]1. The molecule has 2 rings (SSSR count). The lowest BCUT2D eigenvalue weighted by Crippen LogP contribution is -1.76. The van der Waals surface area contributed by atoms with E-state index in [1.54, 1.807) is 6.20 Å². The molecule has 0 radical (unpaired) electrons. The van der Waals surface area contributed by atoms with Crippen molar-refractivity contribution in [3.8, 4) is 0 Å². The van der Waals surface area contributed by atoms with Gasteiger partial charge in [0.1, 0.15) is 11.8 Å². The molecular formula is C6H3N5S. The molecule has 0 aliphatic carbocycles. The van der Waals surface area contributed by atoms with Crippen molar-refractivity contribution in [3.05, 3.63) is 12.5 Å². The maximum atomic E-state index is 4.43. The van der Waals surface area contributed by atoms with Gasteiger partial charge in [-0.05, 0) is 12.2 Å². The van der Waals surface area contributed by atoms with Gasteiger partial charge in [0.25, 0.3) is 0 Å². The van der Waals surface area contributed by atoms with Crippen LogP contribution in [0.3, 0.4) is 0 Å². The molecule has 0 amide bonds. The lowest BCUT2D eigenvalue weighted by molar-refractivity contribution is 1.20. The van der Waals surface area contributed by atoms with Crippen LogP contribution in [0.5, 0.6) is 0 Å². The Morgan fingerprint density at radius 3 is 3.25 bits per heavy atom. The van der Waals surface area contributed by atoms with E-state index in [4.69, 9.17) is 0 Å². The summed E-state index contributed by atoms with van der Waals surface area (Å²) in [6.07, 6.45) is 3.05. The number of nitrogens with zero attached hydrogens (tertiary/aromatic N) is 4. The number of rotatable bonds is 1. The van der Waals surface area contributed by atoms with Crippen LogP contribution < -0.4 is 0 Å². The zero-order valence-corrected chi connectivity index (χ0v) is 6.67. The summed E-state index contributed by atoms with van der Waals surface area (Å²) >= 11 is 4.43. The van der Waals surface area contributed by atoms with Crippen LogP contribution in [0, 0.1) is 0 Å².